The van der Waals surface area contributed by atoms with Crippen molar-refractivity contribution in [2.24, 2.45) is 5.92 Å². The fourth-order valence-electron chi connectivity index (χ4n) is 3.37. The van der Waals surface area contributed by atoms with Crippen molar-refractivity contribution in [2.45, 2.75) is 31.6 Å². The number of rotatable bonds is 7. The molecule has 3 nitrogen and oxygen atoms in total. The molecule has 1 aliphatic rings. The van der Waals surface area contributed by atoms with Crippen LogP contribution in [0.1, 0.15) is 41.4 Å². The maximum absolute atomic E-state index is 12.4. The second-order valence-electron chi connectivity index (χ2n) is 6.73. The van der Waals surface area contributed by atoms with Gasteiger partial charge in [-0.1, -0.05) is 60.2 Å². The quantitative estimate of drug-likeness (QED) is 0.820. The zero-order chi connectivity index (χ0) is 16.9. The van der Waals surface area contributed by atoms with Crippen molar-refractivity contribution in [2.75, 3.05) is 13.2 Å². The predicted octanol–water partition coefficient (Wildman–Crippen LogP) is 3.38. The molecule has 0 radical (unpaired) electrons. The summed E-state index contributed by atoms with van der Waals surface area (Å²) in [6, 6.07) is 18.5. The minimum absolute atomic E-state index is 0.0969. The van der Waals surface area contributed by atoms with Gasteiger partial charge in [0.25, 0.3) is 0 Å². The van der Waals surface area contributed by atoms with E-state index in [4.69, 9.17) is 0 Å². The summed E-state index contributed by atoms with van der Waals surface area (Å²) >= 11 is 0. The lowest BCUT2D eigenvalue weighted by molar-refractivity contribution is -0.122. The molecule has 2 N–H and O–H groups in total. The molecule has 2 aromatic carbocycles. The zero-order valence-electron chi connectivity index (χ0n) is 14.1. The summed E-state index contributed by atoms with van der Waals surface area (Å²) < 4.78 is 0. The summed E-state index contributed by atoms with van der Waals surface area (Å²) in [7, 11) is 0. The van der Waals surface area contributed by atoms with E-state index >= 15 is 0 Å². The predicted molar refractivity (Wildman–Crippen MR) is 95.9 cm³/mol. The maximum atomic E-state index is 12.4. The molecule has 3 rings (SSSR count). The Balaban J connectivity index is 1.56. The van der Waals surface area contributed by atoms with Gasteiger partial charge in [0.05, 0.1) is 0 Å². The van der Waals surface area contributed by atoms with Crippen molar-refractivity contribution in [3.05, 3.63) is 71.3 Å². The first kappa shape index (κ1) is 16.7. The minimum Gasteiger partial charge on any atom is -0.396 e. The van der Waals surface area contributed by atoms with Crippen molar-refractivity contribution >= 4 is 5.91 Å². The second kappa shape index (κ2) is 7.63. The number of aliphatic hydroxyl groups is 1. The molecule has 2 aromatic rings. The molecular formula is C21H25NO2. The third-order valence-corrected chi connectivity index (χ3v) is 4.87. The van der Waals surface area contributed by atoms with Gasteiger partial charge in [-0.15, -0.1) is 0 Å². The number of benzene rings is 2. The molecule has 0 spiro atoms. The van der Waals surface area contributed by atoms with Crippen molar-refractivity contribution in [3.8, 4) is 0 Å². The number of amides is 1. The monoisotopic (exact) mass is 323 g/mol. The van der Waals surface area contributed by atoms with E-state index in [1.165, 1.54) is 16.7 Å². The Morgan fingerprint density at radius 3 is 2.71 bits per heavy atom. The second-order valence-corrected chi connectivity index (χ2v) is 6.73. The molecule has 1 fully saturated rings. The lowest BCUT2D eigenvalue weighted by atomic mass is 9.94. The largest absolute Gasteiger partial charge is 0.396 e. The number of carbonyl (C=O) groups is 1. The number of aryl methyl sites for hydroxylation is 1. The van der Waals surface area contributed by atoms with Crippen LogP contribution in [0.25, 0.3) is 0 Å². The molecule has 0 aromatic heterocycles. The average Bonchev–Trinajstić information content (AvgIpc) is 3.40. The minimum atomic E-state index is 0.0969. The van der Waals surface area contributed by atoms with Crippen molar-refractivity contribution < 1.29 is 9.90 Å². The van der Waals surface area contributed by atoms with Crippen molar-refractivity contribution in [1.29, 1.82) is 0 Å². The van der Waals surface area contributed by atoms with Crippen LogP contribution in [0.2, 0.25) is 0 Å². The fraction of sp³-hybridized carbons (Fsp3) is 0.381. The first-order valence-corrected chi connectivity index (χ1v) is 8.69. The van der Waals surface area contributed by atoms with Crippen molar-refractivity contribution in [3.63, 3.8) is 0 Å². The highest BCUT2D eigenvalue weighted by atomic mass is 16.3. The van der Waals surface area contributed by atoms with E-state index in [1.54, 1.807) is 0 Å². The van der Waals surface area contributed by atoms with Gasteiger partial charge < -0.3 is 10.4 Å². The molecule has 0 bridgehead atoms. The first-order valence-electron chi connectivity index (χ1n) is 8.69. The molecule has 1 saturated carbocycles. The fourth-order valence-corrected chi connectivity index (χ4v) is 3.37. The number of aliphatic hydroxyl groups excluding tert-OH is 1. The topological polar surface area (TPSA) is 49.3 Å². The Hall–Kier alpha value is -2.13. The molecule has 1 amide bonds. The Morgan fingerprint density at radius 1 is 1.21 bits per heavy atom. The number of nitrogens with one attached hydrogen (secondary N) is 1. The van der Waals surface area contributed by atoms with Crippen LogP contribution in [0.15, 0.2) is 54.6 Å². The van der Waals surface area contributed by atoms with Crippen LogP contribution in [0, 0.1) is 12.8 Å². The van der Waals surface area contributed by atoms with E-state index < -0.39 is 0 Å². The van der Waals surface area contributed by atoms with E-state index in [1.807, 2.05) is 24.3 Å². The van der Waals surface area contributed by atoms with Gasteiger partial charge in [0.1, 0.15) is 0 Å². The smallest absolute Gasteiger partial charge is 0.223 e. The number of carbonyl (C=O) groups excluding carboxylic acids is 1. The van der Waals surface area contributed by atoms with Crippen LogP contribution in [0.3, 0.4) is 0 Å². The highest BCUT2D eigenvalue weighted by Gasteiger charge is 2.43. The highest BCUT2D eigenvalue weighted by molar-refractivity contribution is 5.82. The molecule has 126 valence electrons. The molecule has 1 unspecified atom stereocenters. The van der Waals surface area contributed by atoms with Crippen LogP contribution in [0.4, 0.5) is 0 Å². The summed E-state index contributed by atoms with van der Waals surface area (Å²) in [5.74, 6) is 0.758. The summed E-state index contributed by atoms with van der Waals surface area (Å²) in [5.41, 5.74) is 3.64. The van der Waals surface area contributed by atoms with Gasteiger partial charge in [-0.25, -0.2) is 0 Å². The normalized spacial score (nSPS) is 20.4. The maximum Gasteiger partial charge on any atom is 0.223 e. The summed E-state index contributed by atoms with van der Waals surface area (Å²) in [5, 5.41) is 12.4. The van der Waals surface area contributed by atoms with Gasteiger partial charge in [-0.3, -0.25) is 4.79 Å². The van der Waals surface area contributed by atoms with Gasteiger partial charge in [-0.2, -0.15) is 0 Å². The third-order valence-electron chi connectivity index (χ3n) is 4.87. The van der Waals surface area contributed by atoms with E-state index in [0.717, 1.165) is 6.42 Å². The third kappa shape index (κ3) is 4.04. The number of hydrogen-bond acceptors (Lipinski definition) is 2. The van der Waals surface area contributed by atoms with Crippen LogP contribution in [-0.4, -0.2) is 24.2 Å². The molecule has 1 aliphatic carbocycles. The van der Waals surface area contributed by atoms with E-state index in [9.17, 15) is 9.90 Å². The van der Waals surface area contributed by atoms with Crippen LogP contribution < -0.4 is 5.32 Å². The van der Waals surface area contributed by atoms with Gasteiger partial charge >= 0.3 is 0 Å². The first-order chi connectivity index (χ1) is 11.7. The van der Waals surface area contributed by atoms with E-state index in [0.29, 0.717) is 18.9 Å². The lowest BCUT2D eigenvalue weighted by Gasteiger charge is -2.18. The summed E-state index contributed by atoms with van der Waals surface area (Å²) in [4.78, 5) is 12.4. The Bertz CT molecular complexity index is 683. The van der Waals surface area contributed by atoms with Crippen LogP contribution in [-0.2, 0) is 4.79 Å². The standard InChI is InChI=1S/C21H25NO2/c1-15-6-5-9-17(12-15)18(10-11-23)14-22-21(24)20-13-19(20)16-7-3-2-4-8-16/h2-9,12,18-20,23H,10-11,13-14H2,1H3,(H,22,24)/t18?,19-,20+/m1/s1. The summed E-state index contributed by atoms with van der Waals surface area (Å²) in [6.07, 6.45) is 1.60. The molecule has 0 aliphatic heterocycles. The molecule has 3 heteroatoms. The molecule has 24 heavy (non-hydrogen) atoms. The average molecular weight is 323 g/mol. The van der Waals surface area contributed by atoms with Crippen LogP contribution >= 0.6 is 0 Å². The van der Waals surface area contributed by atoms with Gasteiger partial charge in [-0.05, 0) is 36.8 Å². The highest BCUT2D eigenvalue weighted by Crippen LogP contribution is 2.47. The Labute approximate surface area is 143 Å². The van der Waals surface area contributed by atoms with Crippen LogP contribution in [0.5, 0.6) is 0 Å². The molecule has 0 heterocycles. The van der Waals surface area contributed by atoms with E-state index in [-0.39, 0.29) is 24.3 Å². The molecular weight excluding hydrogens is 298 g/mol. The van der Waals surface area contributed by atoms with Crippen molar-refractivity contribution in [1.82, 2.24) is 5.32 Å². The lowest BCUT2D eigenvalue weighted by Crippen LogP contribution is -2.30. The number of hydrogen-bond donors (Lipinski definition) is 2. The van der Waals surface area contributed by atoms with Gasteiger partial charge in [0.2, 0.25) is 5.91 Å². The molecule has 3 atom stereocenters. The zero-order valence-corrected chi connectivity index (χ0v) is 14.1. The SMILES string of the molecule is Cc1cccc(C(CCO)CNC(=O)[C@H]2C[C@@H]2c2ccccc2)c1. The Morgan fingerprint density at radius 2 is 2.00 bits per heavy atom. The Kier molecular flexibility index (Phi) is 5.31. The van der Waals surface area contributed by atoms with E-state index in [2.05, 4.69) is 42.6 Å². The summed E-state index contributed by atoms with van der Waals surface area (Å²) in [6.45, 7) is 2.78. The van der Waals surface area contributed by atoms with Gasteiger partial charge in [0, 0.05) is 25.0 Å². The molecule has 0 saturated heterocycles. The van der Waals surface area contributed by atoms with Gasteiger partial charge in [0.15, 0.2) is 0 Å².